The topological polar surface area (TPSA) is 78.5 Å². The van der Waals surface area contributed by atoms with Crippen molar-refractivity contribution in [2.75, 3.05) is 36.5 Å². The Morgan fingerprint density at radius 1 is 1.28 bits per heavy atom. The molecule has 0 unspecified atom stereocenters. The van der Waals surface area contributed by atoms with Crippen LogP contribution in [0.3, 0.4) is 0 Å². The molecular weight excluding hydrogens is 342 g/mol. The zero-order valence-corrected chi connectivity index (χ0v) is 14.1. The summed E-state index contributed by atoms with van der Waals surface area (Å²) in [7, 11) is 0. The molecule has 6 nitrogen and oxygen atoms in total. The molecule has 25 heavy (non-hydrogen) atoms. The van der Waals surface area contributed by atoms with Gasteiger partial charge < -0.3 is 19.4 Å². The van der Waals surface area contributed by atoms with Crippen LogP contribution in [0.4, 0.5) is 11.6 Å². The molecule has 128 valence electrons. The number of nitrogens with zero attached hydrogens (tertiary/aromatic N) is 2. The standard InChI is InChI=1S/C18H16ClN3O3/c19-14-2-1-3-15(11-14)21-18(23)13(12-20)10-16-4-5-17(25-16)22-6-8-24-9-7-22/h1-5,10-11H,6-9H2,(H,21,23)/b13-10+. The van der Waals surface area contributed by atoms with E-state index in [1.807, 2.05) is 12.1 Å². The molecule has 0 atom stereocenters. The van der Waals surface area contributed by atoms with Crippen LogP contribution in [0.25, 0.3) is 6.08 Å². The Labute approximate surface area is 150 Å². The fourth-order valence-corrected chi connectivity index (χ4v) is 2.62. The monoisotopic (exact) mass is 357 g/mol. The second-order valence-corrected chi connectivity index (χ2v) is 5.85. The lowest BCUT2D eigenvalue weighted by atomic mass is 10.2. The summed E-state index contributed by atoms with van der Waals surface area (Å²) < 4.78 is 11.0. The molecule has 1 amide bonds. The molecule has 1 N–H and O–H groups in total. The molecule has 0 aliphatic carbocycles. The van der Waals surface area contributed by atoms with Gasteiger partial charge in [0, 0.05) is 35.9 Å². The number of nitrogens with one attached hydrogen (secondary N) is 1. The molecule has 1 aliphatic rings. The first-order valence-corrected chi connectivity index (χ1v) is 8.15. The van der Waals surface area contributed by atoms with Crippen molar-refractivity contribution in [1.82, 2.24) is 0 Å². The highest BCUT2D eigenvalue weighted by Gasteiger charge is 2.15. The summed E-state index contributed by atoms with van der Waals surface area (Å²) in [6, 6.07) is 12.2. The van der Waals surface area contributed by atoms with E-state index in [-0.39, 0.29) is 5.57 Å². The number of carbonyl (C=O) groups is 1. The van der Waals surface area contributed by atoms with E-state index in [1.54, 1.807) is 30.3 Å². The number of benzene rings is 1. The van der Waals surface area contributed by atoms with Crippen LogP contribution in [0.2, 0.25) is 5.02 Å². The maximum Gasteiger partial charge on any atom is 0.266 e. The van der Waals surface area contributed by atoms with Gasteiger partial charge in [-0.05, 0) is 24.3 Å². The molecule has 0 bridgehead atoms. The van der Waals surface area contributed by atoms with Gasteiger partial charge in [0.05, 0.1) is 13.2 Å². The first-order valence-electron chi connectivity index (χ1n) is 7.77. The number of amides is 1. The first-order chi connectivity index (χ1) is 12.2. The van der Waals surface area contributed by atoms with E-state index in [0.29, 0.717) is 35.6 Å². The lowest BCUT2D eigenvalue weighted by molar-refractivity contribution is -0.112. The lowest BCUT2D eigenvalue weighted by Crippen LogP contribution is -2.35. The summed E-state index contributed by atoms with van der Waals surface area (Å²) in [6.45, 7) is 2.79. The number of morpholine rings is 1. The molecule has 3 rings (SSSR count). The quantitative estimate of drug-likeness (QED) is 0.670. The highest BCUT2D eigenvalue weighted by molar-refractivity contribution is 6.31. The summed E-state index contributed by atoms with van der Waals surface area (Å²) in [4.78, 5) is 14.3. The molecule has 0 saturated carbocycles. The number of hydrogen-bond acceptors (Lipinski definition) is 5. The normalized spacial score (nSPS) is 14.9. The minimum absolute atomic E-state index is 0.0529. The van der Waals surface area contributed by atoms with E-state index in [4.69, 9.17) is 20.8 Å². The molecule has 1 saturated heterocycles. The Hall–Kier alpha value is -2.75. The fraction of sp³-hybridized carbons (Fsp3) is 0.222. The number of furan rings is 1. The van der Waals surface area contributed by atoms with E-state index >= 15 is 0 Å². The Balaban J connectivity index is 1.72. The lowest BCUT2D eigenvalue weighted by Gasteiger charge is -2.26. The van der Waals surface area contributed by atoms with Crippen molar-refractivity contribution in [3.8, 4) is 6.07 Å². The molecule has 1 aromatic carbocycles. The van der Waals surface area contributed by atoms with Crippen molar-refractivity contribution in [1.29, 1.82) is 5.26 Å². The Kier molecular flexibility index (Phi) is 5.39. The number of carbonyl (C=O) groups excluding carboxylic acids is 1. The van der Waals surface area contributed by atoms with E-state index < -0.39 is 5.91 Å². The maximum absolute atomic E-state index is 12.3. The van der Waals surface area contributed by atoms with E-state index in [2.05, 4.69) is 10.2 Å². The predicted molar refractivity (Wildman–Crippen MR) is 95.4 cm³/mol. The molecule has 0 spiro atoms. The van der Waals surface area contributed by atoms with Gasteiger partial charge in [-0.2, -0.15) is 5.26 Å². The van der Waals surface area contributed by atoms with Gasteiger partial charge in [0.2, 0.25) is 0 Å². The average molecular weight is 358 g/mol. The maximum atomic E-state index is 12.3. The van der Waals surface area contributed by atoms with Gasteiger partial charge in [0.25, 0.3) is 5.91 Å². The average Bonchev–Trinajstić information content (AvgIpc) is 3.09. The second kappa shape index (κ2) is 7.88. The van der Waals surface area contributed by atoms with Crippen LogP contribution in [0, 0.1) is 11.3 Å². The SMILES string of the molecule is N#C/C(=C\c1ccc(N2CCOCC2)o1)C(=O)Nc1cccc(Cl)c1. The van der Waals surface area contributed by atoms with Crippen LogP contribution in [-0.2, 0) is 9.53 Å². The van der Waals surface area contributed by atoms with Crippen molar-refractivity contribution < 1.29 is 13.9 Å². The Morgan fingerprint density at radius 2 is 2.08 bits per heavy atom. The minimum atomic E-state index is -0.519. The van der Waals surface area contributed by atoms with Crippen molar-refractivity contribution in [3.05, 3.63) is 52.8 Å². The number of nitriles is 1. The number of hydrogen-bond donors (Lipinski definition) is 1. The zero-order chi connectivity index (χ0) is 17.6. The smallest absolute Gasteiger partial charge is 0.266 e. The van der Waals surface area contributed by atoms with Crippen LogP contribution in [0.5, 0.6) is 0 Å². The Morgan fingerprint density at radius 3 is 2.80 bits per heavy atom. The number of halogens is 1. The van der Waals surface area contributed by atoms with Crippen molar-refractivity contribution in [3.63, 3.8) is 0 Å². The number of anilines is 2. The molecule has 2 aromatic rings. The van der Waals surface area contributed by atoms with Crippen LogP contribution in [-0.4, -0.2) is 32.2 Å². The largest absolute Gasteiger partial charge is 0.441 e. The van der Waals surface area contributed by atoms with E-state index in [0.717, 1.165) is 13.1 Å². The summed E-state index contributed by atoms with van der Waals surface area (Å²) in [5.41, 5.74) is 0.468. The highest BCUT2D eigenvalue weighted by atomic mass is 35.5. The van der Waals surface area contributed by atoms with Crippen LogP contribution in [0.15, 0.2) is 46.4 Å². The van der Waals surface area contributed by atoms with Gasteiger partial charge in [0.15, 0.2) is 5.88 Å². The van der Waals surface area contributed by atoms with Gasteiger partial charge in [-0.1, -0.05) is 17.7 Å². The molecule has 0 radical (unpaired) electrons. The van der Waals surface area contributed by atoms with Gasteiger partial charge in [-0.25, -0.2) is 0 Å². The number of rotatable bonds is 4. The molecule has 7 heteroatoms. The van der Waals surface area contributed by atoms with Crippen molar-refractivity contribution in [2.24, 2.45) is 0 Å². The van der Waals surface area contributed by atoms with E-state index in [9.17, 15) is 10.1 Å². The molecular formula is C18H16ClN3O3. The van der Waals surface area contributed by atoms with Crippen molar-refractivity contribution >= 4 is 35.2 Å². The van der Waals surface area contributed by atoms with Gasteiger partial charge in [0.1, 0.15) is 17.4 Å². The summed E-state index contributed by atoms with van der Waals surface area (Å²) in [6.07, 6.45) is 1.42. The fourth-order valence-electron chi connectivity index (χ4n) is 2.43. The molecule has 1 fully saturated rings. The van der Waals surface area contributed by atoms with Gasteiger partial charge >= 0.3 is 0 Å². The molecule has 1 aromatic heterocycles. The van der Waals surface area contributed by atoms with Crippen LogP contribution < -0.4 is 10.2 Å². The Bertz CT molecular complexity index is 832. The summed E-state index contributed by atoms with van der Waals surface area (Å²) in [5, 5.41) is 12.4. The van der Waals surface area contributed by atoms with Gasteiger partial charge in [-0.15, -0.1) is 0 Å². The van der Waals surface area contributed by atoms with Crippen LogP contribution >= 0.6 is 11.6 Å². The third-order valence-corrected chi connectivity index (χ3v) is 3.90. The zero-order valence-electron chi connectivity index (χ0n) is 13.4. The predicted octanol–water partition coefficient (Wildman–Crippen LogP) is 3.32. The summed E-state index contributed by atoms with van der Waals surface area (Å²) in [5.74, 6) is 0.621. The third kappa shape index (κ3) is 4.41. The van der Waals surface area contributed by atoms with Gasteiger partial charge in [-0.3, -0.25) is 4.79 Å². The molecule has 1 aliphatic heterocycles. The van der Waals surface area contributed by atoms with Crippen molar-refractivity contribution in [2.45, 2.75) is 0 Å². The summed E-state index contributed by atoms with van der Waals surface area (Å²) >= 11 is 5.89. The second-order valence-electron chi connectivity index (χ2n) is 5.41. The highest BCUT2D eigenvalue weighted by Crippen LogP contribution is 2.22. The van der Waals surface area contributed by atoms with E-state index in [1.165, 1.54) is 6.08 Å². The number of ether oxygens (including phenoxy) is 1. The minimum Gasteiger partial charge on any atom is -0.441 e. The first kappa shape index (κ1) is 17.1. The third-order valence-electron chi connectivity index (χ3n) is 3.67. The molecule has 2 heterocycles. The van der Waals surface area contributed by atoms with Crippen LogP contribution in [0.1, 0.15) is 5.76 Å².